The topological polar surface area (TPSA) is 37.8 Å². The fraction of sp³-hybridized carbons (Fsp3) is 0.556. The molecule has 0 atom stereocenters. The smallest absolute Gasteiger partial charge is 0.222 e. The Balaban J connectivity index is 2.72. The molecule has 0 aliphatic rings. The van der Waals surface area contributed by atoms with Gasteiger partial charge in [-0.25, -0.2) is 9.97 Å². The first-order chi connectivity index (χ1) is 5.72. The summed E-state index contributed by atoms with van der Waals surface area (Å²) < 4.78 is 0. The Hall–Kier alpha value is -1.12. The van der Waals surface area contributed by atoms with Crippen LogP contribution in [-0.4, -0.2) is 17.0 Å². The normalized spacial score (nSPS) is 10.3. The van der Waals surface area contributed by atoms with Crippen LogP contribution in [0.2, 0.25) is 0 Å². The van der Waals surface area contributed by atoms with Gasteiger partial charge < -0.3 is 5.32 Å². The maximum Gasteiger partial charge on any atom is 0.222 e. The van der Waals surface area contributed by atoms with Gasteiger partial charge in [0.05, 0.1) is 0 Å². The summed E-state index contributed by atoms with van der Waals surface area (Å²) in [5.41, 5.74) is 1.10. The minimum Gasteiger partial charge on any atom is -0.357 e. The van der Waals surface area contributed by atoms with Crippen molar-refractivity contribution in [2.75, 3.05) is 12.4 Å². The summed E-state index contributed by atoms with van der Waals surface area (Å²) in [7, 11) is 1.83. The van der Waals surface area contributed by atoms with E-state index in [9.17, 15) is 0 Å². The third-order valence-electron chi connectivity index (χ3n) is 1.55. The van der Waals surface area contributed by atoms with Gasteiger partial charge in [-0.15, -0.1) is 0 Å². The minimum atomic E-state index is 0.643. The Kier molecular flexibility index (Phi) is 3.02. The van der Waals surface area contributed by atoms with Gasteiger partial charge in [0.15, 0.2) is 0 Å². The first-order valence-electron chi connectivity index (χ1n) is 4.22. The first-order valence-corrected chi connectivity index (χ1v) is 4.22. The molecule has 0 fully saturated rings. The Morgan fingerprint density at radius 3 is 2.83 bits per heavy atom. The quantitative estimate of drug-likeness (QED) is 0.741. The Bertz CT molecular complexity index is 245. The number of aromatic nitrogens is 2. The lowest BCUT2D eigenvalue weighted by molar-refractivity contribution is 0.634. The number of rotatable bonds is 3. The van der Waals surface area contributed by atoms with Gasteiger partial charge in [0.25, 0.3) is 0 Å². The van der Waals surface area contributed by atoms with E-state index in [0.717, 1.165) is 12.1 Å². The van der Waals surface area contributed by atoms with Gasteiger partial charge in [-0.05, 0) is 18.4 Å². The second kappa shape index (κ2) is 4.04. The predicted molar refractivity (Wildman–Crippen MR) is 50.1 cm³/mol. The molecule has 0 bridgehead atoms. The van der Waals surface area contributed by atoms with Gasteiger partial charge in [-0.1, -0.05) is 13.8 Å². The second-order valence-corrected chi connectivity index (χ2v) is 3.22. The van der Waals surface area contributed by atoms with Crippen molar-refractivity contribution in [3.05, 3.63) is 18.0 Å². The van der Waals surface area contributed by atoms with E-state index < -0.39 is 0 Å². The van der Waals surface area contributed by atoms with Crippen molar-refractivity contribution in [1.82, 2.24) is 9.97 Å². The molecule has 12 heavy (non-hydrogen) atoms. The lowest BCUT2D eigenvalue weighted by atomic mass is 10.1. The molecule has 1 aromatic rings. The van der Waals surface area contributed by atoms with Gasteiger partial charge in [0.1, 0.15) is 0 Å². The predicted octanol–water partition coefficient (Wildman–Crippen LogP) is 1.72. The summed E-state index contributed by atoms with van der Waals surface area (Å²) >= 11 is 0. The van der Waals surface area contributed by atoms with Gasteiger partial charge in [0, 0.05) is 18.9 Å². The number of hydrogen-bond acceptors (Lipinski definition) is 3. The molecule has 0 spiro atoms. The average Bonchev–Trinajstić information content (AvgIpc) is 2.03. The Morgan fingerprint density at radius 2 is 2.25 bits per heavy atom. The molecule has 66 valence electrons. The molecule has 0 saturated heterocycles. The van der Waals surface area contributed by atoms with Crippen molar-refractivity contribution in [1.29, 1.82) is 0 Å². The van der Waals surface area contributed by atoms with Crippen LogP contribution in [-0.2, 0) is 6.42 Å². The van der Waals surface area contributed by atoms with Crippen LogP contribution in [0.25, 0.3) is 0 Å². The van der Waals surface area contributed by atoms with E-state index in [4.69, 9.17) is 0 Å². The molecular formula is C9H15N3. The van der Waals surface area contributed by atoms with Crippen LogP contribution < -0.4 is 5.32 Å². The summed E-state index contributed by atoms with van der Waals surface area (Å²) in [5, 5.41) is 2.92. The lowest BCUT2D eigenvalue weighted by Crippen LogP contribution is -2.01. The van der Waals surface area contributed by atoms with Crippen LogP contribution in [0.3, 0.4) is 0 Å². The molecule has 0 aliphatic heterocycles. The number of nitrogens with one attached hydrogen (secondary N) is 1. The monoisotopic (exact) mass is 165 g/mol. The zero-order valence-electron chi connectivity index (χ0n) is 7.83. The molecule has 1 heterocycles. The molecule has 3 heteroatoms. The summed E-state index contributed by atoms with van der Waals surface area (Å²) in [6.45, 7) is 4.36. The maximum atomic E-state index is 4.31. The van der Waals surface area contributed by atoms with E-state index in [1.807, 2.05) is 13.1 Å². The highest BCUT2D eigenvalue weighted by atomic mass is 15.1. The molecule has 0 aromatic carbocycles. The molecule has 1 N–H and O–H groups in total. The van der Waals surface area contributed by atoms with Crippen LogP contribution in [0, 0.1) is 5.92 Å². The van der Waals surface area contributed by atoms with Crippen LogP contribution in [0.15, 0.2) is 12.3 Å². The third kappa shape index (κ3) is 2.49. The number of nitrogens with zero attached hydrogens (tertiary/aromatic N) is 2. The van der Waals surface area contributed by atoms with E-state index in [1.165, 1.54) is 0 Å². The van der Waals surface area contributed by atoms with E-state index >= 15 is 0 Å². The SMILES string of the molecule is CNc1nccc(CC(C)C)n1. The molecule has 0 aliphatic carbocycles. The van der Waals surface area contributed by atoms with Crippen molar-refractivity contribution in [3.8, 4) is 0 Å². The molecule has 0 radical (unpaired) electrons. The largest absolute Gasteiger partial charge is 0.357 e. The number of anilines is 1. The fourth-order valence-corrected chi connectivity index (χ4v) is 1.05. The summed E-state index contributed by atoms with van der Waals surface area (Å²) in [6, 6.07) is 1.96. The summed E-state index contributed by atoms with van der Waals surface area (Å²) in [5.74, 6) is 1.35. The van der Waals surface area contributed by atoms with E-state index in [-0.39, 0.29) is 0 Å². The Labute approximate surface area is 73.2 Å². The van der Waals surface area contributed by atoms with Crippen LogP contribution in [0.1, 0.15) is 19.5 Å². The molecule has 1 aromatic heterocycles. The highest BCUT2D eigenvalue weighted by Crippen LogP contribution is 2.05. The van der Waals surface area contributed by atoms with Crippen LogP contribution >= 0.6 is 0 Å². The molecule has 3 nitrogen and oxygen atoms in total. The second-order valence-electron chi connectivity index (χ2n) is 3.22. The minimum absolute atomic E-state index is 0.643. The van der Waals surface area contributed by atoms with Crippen molar-refractivity contribution in [2.24, 2.45) is 5.92 Å². The van der Waals surface area contributed by atoms with Gasteiger partial charge in [0.2, 0.25) is 5.95 Å². The zero-order valence-corrected chi connectivity index (χ0v) is 7.83. The molecule has 0 amide bonds. The molecule has 1 rings (SSSR count). The van der Waals surface area contributed by atoms with Gasteiger partial charge >= 0.3 is 0 Å². The van der Waals surface area contributed by atoms with Gasteiger partial charge in [-0.3, -0.25) is 0 Å². The molecule has 0 saturated carbocycles. The maximum absolute atomic E-state index is 4.31. The number of hydrogen-bond donors (Lipinski definition) is 1. The van der Waals surface area contributed by atoms with E-state index in [0.29, 0.717) is 11.9 Å². The van der Waals surface area contributed by atoms with E-state index in [1.54, 1.807) is 6.20 Å². The summed E-state index contributed by atoms with van der Waals surface area (Å²) in [4.78, 5) is 8.35. The van der Waals surface area contributed by atoms with Crippen molar-refractivity contribution in [3.63, 3.8) is 0 Å². The summed E-state index contributed by atoms with van der Waals surface area (Å²) in [6.07, 6.45) is 2.80. The molecule has 0 unspecified atom stereocenters. The zero-order chi connectivity index (χ0) is 8.97. The van der Waals surface area contributed by atoms with Gasteiger partial charge in [-0.2, -0.15) is 0 Å². The van der Waals surface area contributed by atoms with Crippen LogP contribution in [0.4, 0.5) is 5.95 Å². The lowest BCUT2D eigenvalue weighted by Gasteiger charge is -2.04. The fourth-order valence-electron chi connectivity index (χ4n) is 1.05. The Morgan fingerprint density at radius 1 is 1.50 bits per heavy atom. The molecular weight excluding hydrogens is 150 g/mol. The third-order valence-corrected chi connectivity index (χ3v) is 1.55. The standard InChI is InChI=1S/C9H15N3/c1-7(2)6-8-4-5-11-9(10-3)12-8/h4-5,7H,6H2,1-3H3,(H,10,11,12). The van der Waals surface area contributed by atoms with E-state index in [2.05, 4.69) is 29.1 Å². The van der Waals surface area contributed by atoms with Crippen molar-refractivity contribution >= 4 is 5.95 Å². The average molecular weight is 165 g/mol. The highest BCUT2D eigenvalue weighted by molar-refractivity contribution is 5.23. The van der Waals surface area contributed by atoms with Crippen LogP contribution in [0.5, 0.6) is 0 Å². The van der Waals surface area contributed by atoms with Crippen molar-refractivity contribution in [2.45, 2.75) is 20.3 Å². The first kappa shape index (κ1) is 8.97. The van der Waals surface area contributed by atoms with Crippen molar-refractivity contribution < 1.29 is 0 Å². The highest BCUT2D eigenvalue weighted by Gasteiger charge is 1.99.